The largest absolute Gasteiger partial charge is 0.489 e. The number of aryl methyl sites for hydroxylation is 1. The summed E-state index contributed by atoms with van der Waals surface area (Å²) in [6.45, 7) is 3.71. The fourth-order valence-corrected chi connectivity index (χ4v) is 4.30. The van der Waals surface area contributed by atoms with E-state index >= 15 is 0 Å². The molecule has 1 unspecified atom stereocenters. The zero-order valence-electron chi connectivity index (χ0n) is 9.69. The van der Waals surface area contributed by atoms with E-state index in [9.17, 15) is 9.00 Å². The van der Waals surface area contributed by atoms with E-state index in [-0.39, 0.29) is 11.0 Å². The van der Waals surface area contributed by atoms with Crippen LogP contribution in [0.3, 0.4) is 0 Å². The molecule has 0 fully saturated rings. The highest BCUT2D eigenvalue weighted by Crippen LogP contribution is 2.39. The zero-order chi connectivity index (χ0) is 12.6. The van der Waals surface area contributed by atoms with Crippen LogP contribution in [0, 0.1) is 0 Å². The summed E-state index contributed by atoms with van der Waals surface area (Å²) in [5.74, 6) is 0.501. The van der Waals surface area contributed by atoms with E-state index in [1.807, 2.05) is 13.8 Å². The van der Waals surface area contributed by atoms with Crippen LogP contribution in [0.2, 0.25) is 0 Å². The van der Waals surface area contributed by atoms with Gasteiger partial charge in [0, 0.05) is 27.0 Å². The molecule has 0 aliphatic carbocycles. The van der Waals surface area contributed by atoms with Gasteiger partial charge in [0.25, 0.3) is 0 Å². The van der Waals surface area contributed by atoms with Crippen molar-refractivity contribution in [2.75, 3.05) is 5.75 Å². The first-order chi connectivity index (χ1) is 7.99. The molecule has 0 aromatic carbocycles. The van der Waals surface area contributed by atoms with Crippen LogP contribution in [-0.2, 0) is 23.0 Å². The van der Waals surface area contributed by atoms with Gasteiger partial charge in [-0.05, 0) is 20.3 Å². The van der Waals surface area contributed by atoms with Gasteiger partial charge >= 0.3 is 5.97 Å². The number of thiophene rings is 1. The van der Waals surface area contributed by atoms with Crippen molar-refractivity contribution in [2.24, 2.45) is 0 Å². The van der Waals surface area contributed by atoms with Gasteiger partial charge < -0.3 is 9.84 Å². The number of aromatic carboxylic acids is 1. The van der Waals surface area contributed by atoms with E-state index in [4.69, 9.17) is 9.84 Å². The van der Waals surface area contributed by atoms with E-state index in [1.165, 1.54) is 11.3 Å². The van der Waals surface area contributed by atoms with Crippen molar-refractivity contribution in [1.82, 2.24) is 0 Å². The molecule has 0 saturated heterocycles. The number of carbonyl (C=O) groups is 1. The molecule has 2 rings (SSSR count). The molecule has 0 radical (unpaired) electrons. The summed E-state index contributed by atoms with van der Waals surface area (Å²) in [6, 6.07) is 0. The summed E-state index contributed by atoms with van der Waals surface area (Å²) >= 11 is 1.26. The molecule has 1 aliphatic rings. The second-order valence-electron chi connectivity index (χ2n) is 4.17. The van der Waals surface area contributed by atoms with Gasteiger partial charge in [-0.2, -0.15) is 0 Å². The van der Waals surface area contributed by atoms with Crippen molar-refractivity contribution < 1.29 is 18.8 Å². The fourth-order valence-electron chi connectivity index (χ4n) is 1.78. The Labute approximate surface area is 106 Å². The third-order valence-electron chi connectivity index (χ3n) is 2.45. The summed E-state index contributed by atoms with van der Waals surface area (Å²) in [7, 11) is -0.893. The lowest BCUT2D eigenvalue weighted by molar-refractivity contribution is 0.0696. The van der Waals surface area contributed by atoms with Crippen LogP contribution in [0.1, 0.15) is 34.0 Å². The third kappa shape index (κ3) is 2.52. The Morgan fingerprint density at radius 3 is 2.82 bits per heavy atom. The lowest BCUT2D eigenvalue weighted by Crippen LogP contribution is -2.14. The van der Waals surface area contributed by atoms with Gasteiger partial charge in [0.2, 0.25) is 0 Å². The Kier molecular flexibility index (Phi) is 3.53. The lowest BCUT2D eigenvalue weighted by Gasteiger charge is -2.15. The van der Waals surface area contributed by atoms with Crippen LogP contribution < -0.4 is 4.74 Å². The molecule has 4 nitrogen and oxygen atoms in total. The Morgan fingerprint density at radius 2 is 2.24 bits per heavy atom. The van der Waals surface area contributed by atoms with Crippen molar-refractivity contribution in [3.8, 4) is 5.75 Å². The highest BCUT2D eigenvalue weighted by Gasteiger charge is 2.28. The molecule has 94 valence electrons. The summed E-state index contributed by atoms with van der Waals surface area (Å²) in [6.07, 6.45) is 0.608. The monoisotopic (exact) mass is 274 g/mol. The number of fused-ring (bicyclic) bond motifs is 1. The van der Waals surface area contributed by atoms with Crippen LogP contribution in [0.25, 0.3) is 0 Å². The molecule has 2 heterocycles. The first-order valence-corrected chi connectivity index (χ1v) is 7.69. The van der Waals surface area contributed by atoms with E-state index < -0.39 is 16.8 Å². The van der Waals surface area contributed by atoms with Crippen molar-refractivity contribution in [3.05, 3.63) is 15.3 Å². The van der Waals surface area contributed by atoms with Crippen LogP contribution >= 0.6 is 11.3 Å². The minimum atomic E-state index is -0.967. The molecule has 1 aromatic rings. The van der Waals surface area contributed by atoms with Crippen LogP contribution in [-0.4, -0.2) is 27.1 Å². The second kappa shape index (κ2) is 4.78. The quantitative estimate of drug-likeness (QED) is 0.916. The summed E-state index contributed by atoms with van der Waals surface area (Å²) < 4.78 is 17.1. The predicted octanol–water partition coefficient (Wildman–Crippen LogP) is 2.04. The van der Waals surface area contributed by atoms with Crippen molar-refractivity contribution >= 4 is 28.1 Å². The second-order valence-corrected chi connectivity index (χ2v) is 6.85. The van der Waals surface area contributed by atoms with Crippen LogP contribution in [0.5, 0.6) is 5.75 Å². The fraction of sp³-hybridized carbons (Fsp3) is 0.545. The Bertz CT molecular complexity index is 476. The number of carboxylic acids is 1. The van der Waals surface area contributed by atoms with Crippen LogP contribution in [0.4, 0.5) is 0 Å². The summed E-state index contributed by atoms with van der Waals surface area (Å²) in [4.78, 5) is 12.4. The number of carboxylic acid groups (broad SMARTS) is 1. The van der Waals surface area contributed by atoms with Crippen molar-refractivity contribution in [1.29, 1.82) is 0 Å². The first kappa shape index (κ1) is 12.6. The zero-order valence-corrected chi connectivity index (χ0v) is 11.3. The third-order valence-corrected chi connectivity index (χ3v) is 4.98. The van der Waals surface area contributed by atoms with E-state index in [2.05, 4.69) is 0 Å². The minimum absolute atomic E-state index is 0.0813. The van der Waals surface area contributed by atoms with Crippen molar-refractivity contribution in [3.63, 3.8) is 0 Å². The molecule has 1 aliphatic heterocycles. The van der Waals surface area contributed by atoms with Gasteiger partial charge in [-0.1, -0.05) is 0 Å². The van der Waals surface area contributed by atoms with Gasteiger partial charge in [0.1, 0.15) is 5.75 Å². The van der Waals surface area contributed by atoms with Gasteiger partial charge in [-0.3, -0.25) is 4.21 Å². The number of rotatable bonds is 3. The highest BCUT2D eigenvalue weighted by atomic mass is 32.2. The average Bonchev–Trinajstić information content (AvgIpc) is 2.56. The molecule has 1 N–H and O–H groups in total. The topological polar surface area (TPSA) is 63.6 Å². The summed E-state index contributed by atoms with van der Waals surface area (Å²) in [5, 5.41) is 9.15. The molecule has 0 amide bonds. The smallest absolute Gasteiger partial charge is 0.349 e. The Morgan fingerprint density at radius 1 is 1.53 bits per heavy atom. The minimum Gasteiger partial charge on any atom is -0.489 e. The molecule has 17 heavy (non-hydrogen) atoms. The summed E-state index contributed by atoms with van der Waals surface area (Å²) in [5.41, 5.74) is 0.839. The maximum atomic E-state index is 11.6. The maximum absolute atomic E-state index is 11.6. The van der Waals surface area contributed by atoms with Gasteiger partial charge in [-0.15, -0.1) is 11.3 Å². The maximum Gasteiger partial charge on any atom is 0.349 e. The number of hydrogen-bond acceptors (Lipinski definition) is 4. The number of ether oxygens (including phenoxy) is 1. The van der Waals surface area contributed by atoms with Gasteiger partial charge in [0.05, 0.1) is 11.9 Å². The molecule has 0 bridgehead atoms. The standard InChI is InChI=1S/C11H14O4S2/c1-6(2)15-9-7-5-17(14)4-3-8(7)16-10(9)11(12)13/h6H,3-5H2,1-2H3,(H,12,13). The van der Waals surface area contributed by atoms with E-state index in [1.54, 1.807) is 0 Å². The molecule has 1 aromatic heterocycles. The molecular weight excluding hydrogens is 260 g/mol. The van der Waals surface area contributed by atoms with Gasteiger partial charge in [0.15, 0.2) is 4.88 Å². The normalized spacial score (nSPS) is 19.1. The van der Waals surface area contributed by atoms with E-state index in [0.717, 1.165) is 10.4 Å². The molecule has 6 heteroatoms. The van der Waals surface area contributed by atoms with Gasteiger partial charge in [-0.25, -0.2) is 4.79 Å². The molecule has 0 spiro atoms. The first-order valence-electron chi connectivity index (χ1n) is 5.38. The Hall–Kier alpha value is -0.880. The van der Waals surface area contributed by atoms with Crippen molar-refractivity contribution in [2.45, 2.75) is 32.1 Å². The molecular formula is C11H14O4S2. The Balaban J connectivity index is 2.48. The number of hydrogen-bond donors (Lipinski definition) is 1. The van der Waals surface area contributed by atoms with E-state index in [0.29, 0.717) is 23.7 Å². The average molecular weight is 274 g/mol. The predicted molar refractivity (Wildman–Crippen MR) is 67.5 cm³/mol. The molecule has 1 atom stereocenters. The highest BCUT2D eigenvalue weighted by molar-refractivity contribution is 7.84. The van der Waals surface area contributed by atoms with Crippen LogP contribution in [0.15, 0.2) is 0 Å². The molecule has 0 saturated carbocycles. The SMILES string of the molecule is CC(C)Oc1c(C(=O)O)sc2c1CS(=O)CC2. The lowest BCUT2D eigenvalue weighted by atomic mass is 10.2.